The number of rotatable bonds is 41. The molecule has 0 saturated heterocycles. The Morgan fingerprint density at radius 2 is 0.677 bits per heavy atom. The molecule has 13 atom stereocenters. The largest absolute Gasteiger partial charge is 0.508 e. The molecule has 0 spiro atoms. The Kier molecular flexibility index (Phi) is 34.8. The number of phenols is 2. The van der Waals surface area contributed by atoms with Crippen LogP contribution in [-0.2, 0) is 84.8 Å². The van der Waals surface area contributed by atoms with Gasteiger partial charge in [0, 0.05) is 12.8 Å². The Hall–Kier alpha value is -9.72. The van der Waals surface area contributed by atoms with Crippen LogP contribution in [0.5, 0.6) is 11.5 Å². The van der Waals surface area contributed by atoms with Crippen molar-refractivity contribution in [1.29, 1.82) is 0 Å². The van der Waals surface area contributed by atoms with Crippen molar-refractivity contribution in [2.24, 2.45) is 17.6 Å². The molecule has 36 nitrogen and oxygen atoms in total. The van der Waals surface area contributed by atoms with Crippen LogP contribution in [0.15, 0.2) is 48.5 Å². The summed E-state index contributed by atoms with van der Waals surface area (Å²) in [5.41, 5.74) is 6.23. The summed E-state index contributed by atoms with van der Waals surface area (Å²) in [5.74, 6) is -18.9. The van der Waals surface area contributed by atoms with E-state index in [1.165, 1.54) is 102 Å². The van der Waals surface area contributed by atoms with Gasteiger partial charge in [0.1, 0.15) is 84.0 Å². The quantitative estimate of drug-likeness (QED) is 0.0294. The first-order chi connectivity index (χ1) is 45.0. The molecule has 37 heteroatoms. The number of aliphatic carboxylic acids is 3. The summed E-state index contributed by atoms with van der Waals surface area (Å²) in [4.78, 5) is 196. The van der Waals surface area contributed by atoms with Crippen LogP contribution in [-0.4, -0.2) is 240 Å². The second-order valence-corrected chi connectivity index (χ2v) is 23.8. The fourth-order valence-electron chi connectivity index (χ4n) is 8.56. The standard InChI is InChI=1S/C59H87N13O23S/c1-26(2)45(72-58(93)46(27(3)4)71-56(91)42(25-75)70-53(88)39(22-44(80)81)65-49(84)35(60)21-43(78)79)57(92)62-28(5)47(82)61-29(6)48(83)64-36(17-18-96-8)50(85)68-40(23-73)54(89)67-38(20-32-11-15-34(77)16-12-32)52(87)69-41(24-74)55(90)66-37(51(86)63-30(7)59(94)95)19-31-9-13-33(76)14-10-31/h9-16,26-30,35-42,45-46,73-77H,17-25,60H2,1-8H3,(H,61,82)(H,62,92)(H,63,86)(H,64,83)(H,65,84)(H,66,90)(H,67,89)(H,68,85)(H,69,87)(H,70,88)(H,71,91)(H,72,93)(H,78,79)(H,80,81)(H,94,95)/t28-,29-,30-,35-,36-,37-,38-,39-,40-,41-,42-,45-,46-/m0/s1. The van der Waals surface area contributed by atoms with E-state index in [2.05, 4.69) is 58.5 Å². The zero-order chi connectivity index (χ0) is 72.8. The Bertz CT molecular complexity index is 3070. The van der Waals surface area contributed by atoms with E-state index in [9.17, 15) is 108 Å². The summed E-state index contributed by atoms with van der Waals surface area (Å²) in [7, 11) is 0. The number of thioether (sulfide) groups is 1. The normalized spacial score (nSPS) is 15.1. The number of benzene rings is 2. The molecule has 12 amide bonds. The van der Waals surface area contributed by atoms with Gasteiger partial charge in [0.25, 0.3) is 0 Å². The van der Waals surface area contributed by atoms with Crippen LogP contribution in [0, 0.1) is 11.8 Å². The summed E-state index contributed by atoms with van der Waals surface area (Å²) in [6, 6.07) is -10.2. The average Bonchev–Trinajstić information content (AvgIpc) is 1.22. The maximum atomic E-state index is 14.0. The lowest BCUT2D eigenvalue weighted by Gasteiger charge is -2.29. The Morgan fingerprint density at radius 3 is 1.06 bits per heavy atom. The molecule has 0 aliphatic carbocycles. The number of aliphatic hydroxyl groups is 3. The molecule has 0 saturated carbocycles. The number of hydrogen-bond acceptors (Lipinski definition) is 22. The summed E-state index contributed by atoms with van der Waals surface area (Å²) in [5, 5.41) is 106. The van der Waals surface area contributed by atoms with Crippen LogP contribution >= 0.6 is 11.8 Å². The first kappa shape index (κ1) is 82.4. The van der Waals surface area contributed by atoms with Gasteiger partial charge in [-0.05, 0) is 86.4 Å². The Morgan fingerprint density at radius 1 is 0.375 bits per heavy atom. The third-order valence-corrected chi connectivity index (χ3v) is 14.8. The van der Waals surface area contributed by atoms with Gasteiger partial charge in [-0.1, -0.05) is 52.0 Å². The maximum Gasteiger partial charge on any atom is 0.325 e. The molecule has 0 radical (unpaired) electrons. The molecule has 0 unspecified atom stereocenters. The third kappa shape index (κ3) is 28.1. The monoisotopic (exact) mass is 1380 g/mol. The smallest absolute Gasteiger partial charge is 0.325 e. The Balaban J connectivity index is 2.23. The lowest BCUT2D eigenvalue weighted by Crippen LogP contribution is -2.62. The maximum absolute atomic E-state index is 14.0. The summed E-state index contributed by atoms with van der Waals surface area (Å²) < 4.78 is 0. The van der Waals surface area contributed by atoms with Gasteiger partial charge >= 0.3 is 17.9 Å². The first-order valence-electron chi connectivity index (χ1n) is 29.9. The number of aliphatic hydroxyl groups excluding tert-OH is 3. The van der Waals surface area contributed by atoms with E-state index in [1.807, 2.05) is 5.32 Å². The van der Waals surface area contributed by atoms with Crippen LogP contribution in [0.3, 0.4) is 0 Å². The Labute approximate surface area is 554 Å². The minimum Gasteiger partial charge on any atom is -0.508 e. The number of carbonyl (C=O) groups is 15. The number of carboxylic acid groups (broad SMARTS) is 3. The predicted octanol–water partition coefficient (Wildman–Crippen LogP) is -6.84. The highest BCUT2D eigenvalue weighted by molar-refractivity contribution is 7.98. The molecule has 2 rings (SSSR count). The number of carboxylic acids is 3. The molecular formula is C59H87N13O23S. The fourth-order valence-corrected chi connectivity index (χ4v) is 9.03. The summed E-state index contributed by atoms with van der Waals surface area (Å²) in [6.45, 7) is 6.35. The van der Waals surface area contributed by atoms with E-state index in [0.29, 0.717) is 11.1 Å². The zero-order valence-electron chi connectivity index (χ0n) is 53.8. The molecule has 22 N–H and O–H groups in total. The van der Waals surface area contributed by atoms with Crippen LogP contribution in [0.4, 0.5) is 0 Å². The number of amides is 12. The van der Waals surface area contributed by atoms with Crippen LogP contribution in [0.2, 0.25) is 0 Å². The second kappa shape index (κ2) is 40.5. The molecule has 2 aromatic rings. The van der Waals surface area contributed by atoms with Crippen molar-refractivity contribution in [2.45, 2.75) is 159 Å². The molecule has 96 heavy (non-hydrogen) atoms. The van der Waals surface area contributed by atoms with Crippen molar-refractivity contribution in [3.8, 4) is 11.5 Å². The fraction of sp³-hybridized carbons (Fsp3) is 0.542. The van der Waals surface area contributed by atoms with Gasteiger partial charge < -0.3 is 110 Å². The van der Waals surface area contributed by atoms with E-state index in [0.717, 1.165) is 6.92 Å². The van der Waals surface area contributed by atoms with E-state index in [4.69, 9.17) is 10.8 Å². The first-order valence-corrected chi connectivity index (χ1v) is 31.3. The third-order valence-electron chi connectivity index (χ3n) is 14.2. The van der Waals surface area contributed by atoms with Crippen molar-refractivity contribution < 1.29 is 113 Å². The number of carbonyl (C=O) groups excluding carboxylic acids is 12. The van der Waals surface area contributed by atoms with E-state index >= 15 is 0 Å². The van der Waals surface area contributed by atoms with Gasteiger partial charge in [-0.15, -0.1) is 0 Å². The zero-order valence-corrected chi connectivity index (χ0v) is 54.6. The highest BCUT2D eigenvalue weighted by Crippen LogP contribution is 2.15. The van der Waals surface area contributed by atoms with Crippen LogP contribution in [0.25, 0.3) is 0 Å². The van der Waals surface area contributed by atoms with E-state index < -0.39 is 212 Å². The number of nitrogens with one attached hydrogen (secondary N) is 12. The molecule has 0 aliphatic rings. The molecule has 0 fully saturated rings. The van der Waals surface area contributed by atoms with E-state index in [-0.39, 0.29) is 36.5 Å². The molecule has 532 valence electrons. The highest BCUT2D eigenvalue weighted by atomic mass is 32.2. The number of hydrogen-bond donors (Lipinski definition) is 21. The van der Waals surface area contributed by atoms with Crippen LogP contribution < -0.4 is 69.5 Å². The molecule has 0 bridgehead atoms. The molecule has 0 heterocycles. The van der Waals surface area contributed by atoms with Gasteiger partial charge in [0.15, 0.2) is 0 Å². The molecule has 2 aromatic carbocycles. The molecule has 0 aliphatic heterocycles. The lowest BCUT2D eigenvalue weighted by atomic mass is 9.99. The van der Waals surface area contributed by atoms with Crippen molar-refractivity contribution >= 4 is 101 Å². The molecular weight excluding hydrogens is 1290 g/mol. The van der Waals surface area contributed by atoms with Gasteiger partial charge in [0.2, 0.25) is 70.9 Å². The van der Waals surface area contributed by atoms with Crippen molar-refractivity contribution in [2.75, 3.05) is 31.8 Å². The minimum absolute atomic E-state index is 0.0922. The summed E-state index contributed by atoms with van der Waals surface area (Å²) >= 11 is 1.25. The predicted molar refractivity (Wildman–Crippen MR) is 338 cm³/mol. The topological polar surface area (TPSA) is 588 Å². The van der Waals surface area contributed by atoms with Crippen molar-refractivity contribution in [1.82, 2.24) is 63.8 Å². The second-order valence-electron chi connectivity index (χ2n) is 22.8. The van der Waals surface area contributed by atoms with Gasteiger partial charge in [-0.25, -0.2) is 0 Å². The molecule has 0 aromatic heterocycles. The number of aromatic hydroxyl groups is 2. The SMILES string of the molecule is CSCC[C@H](NC(=O)[C@H](C)NC(=O)[C@H](C)NC(=O)[C@@H](NC(=O)[C@@H](NC(=O)[C@H](CO)NC(=O)[C@H](CC(=O)O)NC(=O)[C@@H](N)CC(=O)O)C(C)C)C(C)C)C(=O)N[C@@H](CO)C(=O)N[C@@H](Cc1ccc(O)cc1)C(=O)N[C@@H](CO)C(=O)N[C@@H](Cc1ccc(O)cc1)C(=O)N[C@@H](C)C(=O)O. The van der Waals surface area contributed by atoms with E-state index in [1.54, 1.807) is 6.26 Å². The average molecular weight is 1380 g/mol. The van der Waals surface area contributed by atoms with Gasteiger partial charge in [-0.3, -0.25) is 71.9 Å². The lowest BCUT2D eigenvalue weighted by molar-refractivity contribution is -0.142. The summed E-state index contributed by atoms with van der Waals surface area (Å²) in [6.07, 6.45) is -0.993. The van der Waals surface area contributed by atoms with Gasteiger partial charge in [0.05, 0.1) is 38.7 Å². The van der Waals surface area contributed by atoms with Gasteiger partial charge in [-0.2, -0.15) is 11.8 Å². The van der Waals surface area contributed by atoms with Crippen molar-refractivity contribution in [3.05, 3.63) is 59.7 Å². The van der Waals surface area contributed by atoms with Crippen LogP contribution in [0.1, 0.15) is 78.9 Å². The number of phenolic OH excluding ortho intramolecular Hbond substituents is 2. The highest BCUT2D eigenvalue weighted by Gasteiger charge is 2.38. The van der Waals surface area contributed by atoms with Crippen molar-refractivity contribution in [3.63, 3.8) is 0 Å². The number of nitrogens with two attached hydrogens (primary N) is 1. The minimum atomic E-state index is -1.91.